The van der Waals surface area contributed by atoms with Gasteiger partial charge in [-0.25, -0.2) is 0 Å². The van der Waals surface area contributed by atoms with Crippen LogP contribution in [0.3, 0.4) is 0 Å². The Bertz CT molecular complexity index is 425. The van der Waals surface area contributed by atoms with Crippen molar-refractivity contribution in [3.8, 4) is 11.5 Å². The van der Waals surface area contributed by atoms with Crippen molar-refractivity contribution >= 4 is 5.91 Å². The molecular formula is C14H21NO3. The number of nitrogens with zero attached hydrogens (tertiary/aromatic N) is 1. The number of hydrogen-bond donors (Lipinski definition) is 0. The third kappa shape index (κ3) is 2.75. The summed E-state index contributed by atoms with van der Waals surface area (Å²) in [5.74, 6) is 1.26. The molecule has 1 aromatic rings. The third-order valence-electron chi connectivity index (χ3n) is 3.00. The molecule has 0 fully saturated rings. The van der Waals surface area contributed by atoms with Crippen LogP contribution in [0.25, 0.3) is 0 Å². The maximum atomic E-state index is 12.4. The average Bonchev–Trinajstić information content (AvgIpc) is 2.39. The Kier molecular flexibility index (Phi) is 5.01. The zero-order valence-corrected chi connectivity index (χ0v) is 11.7. The number of carbonyl (C=O) groups excluding carboxylic acids is 1. The van der Waals surface area contributed by atoms with E-state index in [4.69, 9.17) is 9.47 Å². The molecule has 0 atom stereocenters. The topological polar surface area (TPSA) is 38.8 Å². The predicted molar refractivity (Wildman–Crippen MR) is 71.5 cm³/mol. The summed E-state index contributed by atoms with van der Waals surface area (Å²) in [7, 11) is 3.17. The van der Waals surface area contributed by atoms with Crippen LogP contribution in [0.2, 0.25) is 0 Å². The van der Waals surface area contributed by atoms with Crippen molar-refractivity contribution < 1.29 is 14.3 Å². The Balaban J connectivity index is 3.25. The minimum atomic E-state index is -0.0323. The first-order chi connectivity index (χ1) is 8.58. The second-order valence-corrected chi connectivity index (χ2v) is 4.00. The summed E-state index contributed by atoms with van der Waals surface area (Å²) in [6.07, 6.45) is 0. The highest BCUT2D eigenvalue weighted by molar-refractivity contribution is 5.97. The van der Waals surface area contributed by atoms with Gasteiger partial charge in [0.15, 0.2) is 0 Å². The van der Waals surface area contributed by atoms with E-state index in [0.717, 1.165) is 5.56 Å². The number of carbonyl (C=O) groups is 1. The van der Waals surface area contributed by atoms with E-state index in [0.29, 0.717) is 30.2 Å². The second kappa shape index (κ2) is 6.28. The fourth-order valence-corrected chi connectivity index (χ4v) is 1.90. The minimum absolute atomic E-state index is 0.0323. The van der Waals surface area contributed by atoms with Gasteiger partial charge >= 0.3 is 0 Å². The van der Waals surface area contributed by atoms with Gasteiger partial charge < -0.3 is 14.4 Å². The van der Waals surface area contributed by atoms with Gasteiger partial charge in [0.05, 0.1) is 19.8 Å². The minimum Gasteiger partial charge on any atom is -0.496 e. The van der Waals surface area contributed by atoms with Crippen LogP contribution in [-0.4, -0.2) is 38.1 Å². The van der Waals surface area contributed by atoms with Crippen molar-refractivity contribution in [1.82, 2.24) is 4.90 Å². The molecular weight excluding hydrogens is 230 g/mol. The maximum Gasteiger partial charge on any atom is 0.257 e. The van der Waals surface area contributed by atoms with Crippen molar-refractivity contribution in [2.45, 2.75) is 20.8 Å². The lowest BCUT2D eigenvalue weighted by Gasteiger charge is -2.21. The van der Waals surface area contributed by atoms with E-state index in [-0.39, 0.29) is 5.91 Å². The molecule has 0 radical (unpaired) electrons. The number of rotatable bonds is 5. The Hall–Kier alpha value is -1.71. The van der Waals surface area contributed by atoms with E-state index in [1.807, 2.05) is 26.8 Å². The van der Waals surface area contributed by atoms with E-state index < -0.39 is 0 Å². The summed E-state index contributed by atoms with van der Waals surface area (Å²) >= 11 is 0. The predicted octanol–water partition coefficient (Wildman–Crippen LogP) is 2.49. The Morgan fingerprint density at radius 1 is 1.11 bits per heavy atom. The number of ether oxygens (including phenoxy) is 2. The standard InChI is InChI=1S/C14H21NO3/c1-6-15(7-2)14(16)11-9-12(17-4)10(3)8-13(11)18-5/h8-9H,6-7H2,1-5H3. The largest absolute Gasteiger partial charge is 0.496 e. The van der Waals surface area contributed by atoms with Gasteiger partial charge in [-0.05, 0) is 38.5 Å². The van der Waals surface area contributed by atoms with Gasteiger partial charge in [0.25, 0.3) is 5.91 Å². The smallest absolute Gasteiger partial charge is 0.257 e. The molecule has 0 aliphatic heterocycles. The van der Waals surface area contributed by atoms with Gasteiger partial charge in [0.1, 0.15) is 11.5 Å². The Labute approximate surface area is 108 Å². The SMILES string of the molecule is CCN(CC)C(=O)c1cc(OC)c(C)cc1OC. The molecule has 1 amide bonds. The highest BCUT2D eigenvalue weighted by Gasteiger charge is 2.19. The lowest BCUT2D eigenvalue weighted by molar-refractivity contribution is 0.0769. The molecule has 0 saturated carbocycles. The molecule has 0 aliphatic rings. The first-order valence-corrected chi connectivity index (χ1v) is 6.10. The first-order valence-electron chi connectivity index (χ1n) is 6.10. The number of amides is 1. The van der Waals surface area contributed by atoms with Crippen LogP contribution in [0.5, 0.6) is 11.5 Å². The van der Waals surface area contributed by atoms with Crippen molar-refractivity contribution in [1.29, 1.82) is 0 Å². The van der Waals surface area contributed by atoms with Gasteiger partial charge in [0.2, 0.25) is 0 Å². The first kappa shape index (κ1) is 14.4. The lowest BCUT2D eigenvalue weighted by Crippen LogP contribution is -2.30. The van der Waals surface area contributed by atoms with Crippen molar-refractivity contribution in [2.24, 2.45) is 0 Å². The fraction of sp³-hybridized carbons (Fsp3) is 0.500. The zero-order chi connectivity index (χ0) is 13.7. The van der Waals surface area contributed by atoms with Crippen LogP contribution in [0.4, 0.5) is 0 Å². The molecule has 18 heavy (non-hydrogen) atoms. The lowest BCUT2D eigenvalue weighted by atomic mass is 10.1. The van der Waals surface area contributed by atoms with E-state index >= 15 is 0 Å². The summed E-state index contributed by atoms with van der Waals surface area (Å²) in [4.78, 5) is 14.1. The third-order valence-corrected chi connectivity index (χ3v) is 3.00. The van der Waals surface area contributed by atoms with Crippen LogP contribution in [0, 0.1) is 6.92 Å². The molecule has 0 unspecified atom stereocenters. The average molecular weight is 251 g/mol. The summed E-state index contributed by atoms with van der Waals surface area (Å²) < 4.78 is 10.5. The number of benzene rings is 1. The van der Waals surface area contributed by atoms with Crippen molar-refractivity contribution in [2.75, 3.05) is 27.3 Å². The van der Waals surface area contributed by atoms with Gasteiger partial charge in [-0.15, -0.1) is 0 Å². The van der Waals surface area contributed by atoms with Crippen LogP contribution in [0.15, 0.2) is 12.1 Å². The summed E-state index contributed by atoms with van der Waals surface area (Å²) in [6.45, 7) is 7.19. The maximum absolute atomic E-state index is 12.4. The molecule has 1 aromatic carbocycles. The van der Waals surface area contributed by atoms with Gasteiger partial charge in [0, 0.05) is 13.1 Å². The monoisotopic (exact) mass is 251 g/mol. The second-order valence-electron chi connectivity index (χ2n) is 4.00. The molecule has 100 valence electrons. The molecule has 0 N–H and O–H groups in total. The van der Waals surface area contributed by atoms with E-state index in [1.165, 1.54) is 0 Å². The molecule has 4 heteroatoms. The van der Waals surface area contributed by atoms with Crippen LogP contribution < -0.4 is 9.47 Å². The molecule has 4 nitrogen and oxygen atoms in total. The highest BCUT2D eigenvalue weighted by Crippen LogP contribution is 2.29. The van der Waals surface area contributed by atoms with Gasteiger partial charge in [-0.1, -0.05) is 0 Å². The summed E-state index contributed by atoms with van der Waals surface area (Å²) in [5.41, 5.74) is 1.49. The van der Waals surface area contributed by atoms with E-state index in [2.05, 4.69) is 0 Å². The Morgan fingerprint density at radius 3 is 2.11 bits per heavy atom. The normalized spacial score (nSPS) is 10.1. The van der Waals surface area contributed by atoms with E-state index in [1.54, 1.807) is 25.2 Å². The molecule has 0 aromatic heterocycles. The zero-order valence-electron chi connectivity index (χ0n) is 11.7. The molecule has 1 rings (SSSR count). The summed E-state index contributed by atoms with van der Waals surface area (Å²) in [6, 6.07) is 3.57. The van der Waals surface area contributed by atoms with Crippen LogP contribution in [0.1, 0.15) is 29.8 Å². The van der Waals surface area contributed by atoms with Crippen LogP contribution in [-0.2, 0) is 0 Å². The van der Waals surface area contributed by atoms with Gasteiger partial charge in [-0.2, -0.15) is 0 Å². The summed E-state index contributed by atoms with van der Waals surface area (Å²) in [5, 5.41) is 0. The quantitative estimate of drug-likeness (QED) is 0.807. The highest BCUT2D eigenvalue weighted by atomic mass is 16.5. The number of aryl methyl sites for hydroxylation is 1. The Morgan fingerprint density at radius 2 is 1.67 bits per heavy atom. The molecule has 0 bridgehead atoms. The molecule has 0 aliphatic carbocycles. The van der Waals surface area contributed by atoms with Gasteiger partial charge in [-0.3, -0.25) is 4.79 Å². The molecule has 0 saturated heterocycles. The van der Waals surface area contributed by atoms with Crippen molar-refractivity contribution in [3.05, 3.63) is 23.3 Å². The number of methoxy groups -OCH3 is 2. The fourth-order valence-electron chi connectivity index (χ4n) is 1.90. The van der Waals surface area contributed by atoms with Crippen LogP contribution >= 0.6 is 0 Å². The number of hydrogen-bond acceptors (Lipinski definition) is 3. The van der Waals surface area contributed by atoms with E-state index in [9.17, 15) is 4.79 Å². The van der Waals surface area contributed by atoms with Crippen molar-refractivity contribution in [3.63, 3.8) is 0 Å². The molecule has 0 spiro atoms. The molecule has 0 heterocycles.